The maximum absolute atomic E-state index is 12.5. The quantitative estimate of drug-likeness (QED) is 0.558. The van der Waals surface area contributed by atoms with Crippen molar-refractivity contribution in [2.24, 2.45) is 0 Å². The molecule has 9 heteroatoms. The highest BCUT2D eigenvalue weighted by Gasteiger charge is 2.31. The minimum absolute atomic E-state index is 0.0717. The van der Waals surface area contributed by atoms with Gasteiger partial charge < -0.3 is 10.4 Å². The number of thiophene rings is 1. The largest absolute Gasteiger partial charge is 0.375 e. The predicted molar refractivity (Wildman–Crippen MR) is 109 cm³/mol. The maximum Gasteiger partial charge on any atom is 0.252 e. The van der Waals surface area contributed by atoms with E-state index in [9.17, 15) is 18.3 Å². The van der Waals surface area contributed by atoms with E-state index in [-0.39, 0.29) is 4.21 Å². The van der Waals surface area contributed by atoms with Gasteiger partial charge in [0.15, 0.2) is 0 Å². The van der Waals surface area contributed by atoms with E-state index >= 15 is 0 Å². The molecule has 1 amide bonds. The van der Waals surface area contributed by atoms with Gasteiger partial charge in [0.1, 0.15) is 9.93 Å². The zero-order chi connectivity index (χ0) is 20.2. The topological polar surface area (TPSA) is 95.5 Å². The Labute approximate surface area is 168 Å². The van der Waals surface area contributed by atoms with E-state index < -0.39 is 28.1 Å². The van der Waals surface area contributed by atoms with Crippen molar-refractivity contribution in [2.75, 3.05) is 5.32 Å². The standard InChI is InChI=1S/C18H23ClN2O4S2/c1-4-12-9-14(19)10-13(5-2)17(12)20-15(22)11-18(3,23)21-27(24,25)16-7-6-8-26-16/h6-10,21,23H,4-5,11H2,1-3H3,(H,20,22). The summed E-state index contributed by atoms with van der Waals surface area (Å²) < 4.78 is 26.8. The van der Waals surface area contributed by atoms with Crippen LogP contribution in [-0.4, -0.2) is 25.2 Å². The highest BCUT2D eigenvalue weighted by atomic mass is 35.5. The van der Waals surface area contributed by atoms with Crippen LogP contribution >= 0.6 is 22.9 Å². The SMILES string of the molecule is CCc1cc(Cl)cc(CC)c1NC(=O)CC(C)(O)NS(=O)(=O)c1cccs1. The summed E-state index contributed by atoms with van der Waals surface area (Å²) in [6.45, 7) is 5.15. The number of aryl methyl sites for hydroxylation is 2. The van der Waals surface area contributed by atoms with Crippen LogP contribution in [0.15, 0.2) is 33.9 Å². The first-order chi connectivity index (χ1) is 12.6. The van der Waals surface area contributed by atoms with E-state index in [1.165, 1.54) is 13.0 Å². The molecular formula is C18H23ClN2O4S2. The van der Waals surface area contributed by atoms with Gasteiger partial charge in [0.05, 0.1) is 6.42 Å². The lowest BCUT2D eigenvalue weighted by Gasteiger charge is -2.24. The molecule has 0 saturated heterocycles. The third-order valence-corrected chi connectivity index (χ3v) is 7.11. The molecule has 0 bridgehead atoms. The number of hydrogen-bond donors (Lipinski definition) is 3. The highest BCUT2D eigenvalue weighted by Crippen LogP contribution is 2.28. The van der Waals surface area contributed by atoms with E-state index in [1.807, 2.05) is 13.8 Å². The molecule has 1 aromatic heterocycles. The molecule has 1 unspecified atom stereocenters. The predicted octanol–water partition coefficient (Wildman–Crippen LogP) is 3.54. The van der Waals surface area contributed by atoms with Crippen LogP contribution < -0.4 is 10.0 Å². The number of aliphatic hydroxyl groups is 1. The zero-order valence-corrected chi connectivity index (χ0v) is 17.8. The molecular weight excluding hydrogens is 408 g/mol. The Morgan fingerprint density at radius 2 is 1.85 bits per heavy atom. The lowest BCUT2D eigenvalue weighted by atomic mass is 10.0. The molecule has 1 aromatic carbocycles. The van der Waals surface area contributed by atoms with Crippen molar-refractivity contribution in [3.63, 3.8) is 0 Å². The molecule has 27 heavy (non-hydrogen) atoms. The Bertz CT molecular complexity index is 884. The van der Waals surface area contributed by atoms with Crippen molar-refractivity contribution in [3.05, 3.63) is 45.8 Å². The van der Waals surface area contributed by atoms with Crippen LogP contribution in [0.2, 0.25) is 5.02 Å². The monoisotopic (exact) mass is 430 g/mol. The number of amides is 1. The molecule has 2 rings (SSSR count). The number of carbonyl (C=O) groups excluding carboxylic acids is 1. The summed E-state index contributed by atoms with van der Waals surface area (Å²) in [7, 11) is -3.90. The summed E-state index contributed by atoms with van der Waals surface area (Å²) in [5.41, 5.74) is 0.488. The van der Waals surface area contributed by atoms with Crippen LogP contribution in [0.3, 0.4) is 0 Å². The van der Waals surface area contributed by atoms with Crippen LogP contribution in [0.25, 0.3) is 0 Å². The number of sulfonamides is 1. The Morgan fingerprint density at radius 1 is 1.26 bits per heavy atom. The molecule has 0 aliphatic carbocycles. The van der Waals surface area contributed by atoms with Gasteiger partial charge in [0, 0.05) is 10.7 Å². The van der Waals surface area contributed by atoms with Gasteiger partial charge in [-0.3, -0.25) is 4.79 Å². The molecule has 0 spiro atoms. The molecule has 6 nitrogen and oxygen atoms in total. The molecule has 1 heterocycles. The Hall–Kier alpha value is -1.45. The van der Waals surface area contributed by atoms with E-state index in [0.717, 1.165) is 22.5 Å². The molecule has 0 aliphatic heterocycles. The Morgan fingerprint density at radius 3 is 2.33 bits per heavy atom. The van der Waals surface area contributed by atoms with E-state index in [0.29, 0.717) is 23.6 Å². The first-order valence-corrected chi connectivity index (χ1v) is 11.2. The minimum atomic E-state index is -3.90. The number of rotatable bonds is 8. The lowest BCUT2D eigenvalue weighted by Crippen LogP contribution is -2.47. The number of benzene rings is 1. The van der Waals surface area contributed by atoms with Crippen LogP contribution in [0.1, 0.15) is 38.3 Å². The number of anilines is 1. The first-order valence-electron chi connectivity index (χ1n) is 8.49. The van der Waals surface area contributed by atoms with Gasteiger partial charge in [-0.25, -0.2) is 8.42 Å². The molecule has 0 fully saturated rings. The van der Waals surface area contributed by atoms with Gasteiger partial charge in [-0.2, -0.15) is 4.72 Å². The van der Waals surface area contributed by atoms with Crippen molar-refractivity contribution in [3.8, 4) is 0 Å². The number of carbonyl (C=O) groups is 1. The van der Waals surface area contributed by atoms with Gasteiger partial charge in [0.2, 0.25) is 5.91 Å². The van der Waals surface area contributed by atoms with Crippen molar-refractivity contribution in [1.82, 2.24) is 4.72 Å². The fraction of sp³-hybridized carbons (Fsp3) is 0.389. The molecule has 148 valence electrons. The second kappa shape index (κ2) is 8.70. The van der Waals surface area contributed by atoms with Gasteiger partial charge in [-0.15, -0.1) is 11.3 Å². The van der Waals surface area contributed by atoms with E-state index in [2.05, 4.69) is 10.0 Å². The van der Waals surface area contributed by atoms with Crippen molar-refractivity contribution >= 4 is 44.6 Å². The van der Waals surface area contributed by atoms with Crippen molar-refractivity contribution in [2.45, 2.75) is 50.0 Å². The summed E-state index contributed by atoms with van der Waals surface area (Å²) in [6, 6.07) is 6.60. The lowest BCUT2D eigenvalue weighted by molar-refractivity contribution is -0.120. The number of nitrogens with one attached hydrogen (secondary N) is 2. The summed E-state index contributed by atoms with van der Waals surface area (Å²) in [5, 5.41) is 15.4. The molecule has 3 N–H and O–H groups in total. The third-order valence-electron chi connectivity index (χ3n) is 3.91. The van der Waals surface area contributed by atoms with Gasteiger partial charge in [-0.1, -0.05) is 31.5 Å². The highest BCUT2D eigenvalue weighted by molar-refractivity contribution is 7.91. The van der Waals surface area contributed by atoms with Crippen LogP contribution in [-0.2, 0) is 27.7 Å². The second-order valence-electron chi connectivity index (χ2n) is 6.34. The molecule has 2 aromatic rings. The fourth-order valence-corrected chi connectivity index (χ4v) is 5.25. The van der Waals surface area contributed by atoms with Crippen LogP contribution in [0, 0.1) is 0 Å². The fourth-order valence-electron chi connectivity index (χ4n) is 2.73. The zero-order valence-electron chi connectivity index (χ0n) is 15.4. The third kappa shape index (κ3) is 5.76. The number of halogens is 1. The average Bonchev–Trinajstić information content (AvgIpc) is 3.09. The summed E-state index contributed by atoms with van der Waals surface area (Å²) in [5.74, 6) is -0.499. The maximum atomic E-state index is 12.5. The smallest absolute Gasteiger partial charge is 0.252 e. The van der Waals surface area contributed by atoms with Gasteiger partial charge >= 0.3 is 0 Å². The molecule has 0 radical (unpaired) electrons. The average molecular weight is 431 g/mol. The minimum Gasteiger partial charge on any atom is -0.375 e. The Kier molecular flexibility index (Phi) is 7.04. The molecule has 1 atom stereocenters. The van der Waals surface area contributed by atoms with Gasteiger partial charge in [0.25, 0.3) is 10.0 Å². The Balaban J connectivity index is 2.15. The first kappa shape index (κ1) is 21.8. The number of hydrogen-bond acceptors (Lipinski definition) is 5. The summed E-state index contributed by atoms with van der Waals surface area (Å²) in [6.07, 6.45) is 0.904. The summed E-state index contributed by atoms with van der Waals surface area (Å²) >= 11 is 7.14. The molecule has 0 saturated carbocycles. The normalized spacial score (nSPS) is 14.0. The van der Waals surface area contributed by atoms with E-state index in [1.54, 1.807) is 23.6 Å². The summed E-state index contributed by atoms with van der Waals surface area (Å²) in [4.78, 5) is 12.5. The van der Waals surface area contributed by atoms with Crippen LogP contribution in [0.4, 0.5) is 5.69 Å². The van der Waals surface area contributed by atoms with Gasteiger partial charge in [-0.05, 0) is 54.5 Å². The van der Waals surface area contributed by atoms with Crippen LogP contribution in [0.5, 0.6) is 0 Å². The van der Waals surface area contributed by atoms with Crippen molar-refractivity contribution in [1.29, 1.82) is 0 Å². The van der Waals surface area contributed by atoms with Crippen molar-refractivity contribution < 1.29 is 18.3 Å². The second-order valence-corrected chi connectivity index (χ2v) is 9.64. The molecule has 0 aliphatic rings. The van der Waals surface area contributed by atoms with E-state index in [4.69, 9.17) is 11.6 Å².